The van der Waals surface area contributed by atoms with Gasteiger partial charge in [0.05, 0.1) is 15.9 Å². The van der Waals surface area contributed by atoms with Crippen molar-refractivity contribution < 1.29 is 19.2 Å². The van der Waals surface area contributed by atoms with Crippen molar-refractivity contribution >= 4 is 56.6 Å². The van der Waals surface area contributed by atoms with E-state index < -0.39 is 6.10 Å². The summed E-state index contributed by atoms with van der Waals surface area (Å²) in [5.41, 5.74) is 2.28. The van der Waals surface area contributed by atoms with Crippen LogP contribution in [0.15, 0.2) is 27.7 Å². The lowest BCUT2D eigenvalue weighted by atomic mass is 10.3. The molecule has 9 heteroatoms. The molecule has 0 spiro atoms. The molecule has 26 heavy (non-hydrogen) atoms. The molecule has 1 aromatic heterocycles. The Hall–Kier alpha value is -2.13. The van der Waals surface area contributed by atoms with Crippen molar-refractivity contribution in [1.82, 2.24) is 4.98 Å². The van der Waals surface area contributed by atoms with Crippen molar-refractivity contribution in [2.45, 2.75) is 38.1 Å². The first-order valence-corrected chi connectivity index (χ1v) is 9.80. The Balaban J connectivity index is 1.96. The zero-order valence-electron chi connectivity index (χ0n) is 15.1. The van der Waals surface area contributed by atoms with Gasteiger partial charge in [-0.25, -0.2) is 4.98 Å². The number of rotatable bonds is 8. The minimum Gasteiger partial charge on any atom is -0.465 e. The smallest absolute Gasteiger partial charge is 0.302 e. The van der Waals surface area contributed by atoms with Crippen LogP contribution in [-0.4, -0.2) is 41.0 Å². The highest BCUT2D eigenvalue weighted by Crippen LogP contribution is 2.31. The SMILES string of the molecule is CC(=O)OCCSc1nc2ccc(NC(=O)C(C)ON=C(C)C)cc2s1. The molecule has 1 atom stereocenters. The summed E-state index contributed by atoms with van der Waals surface area (Å²) in [6, 6.07) is 5.54. The number of anilines is 1. The molecule has 7 nitrogen and oxygen atoms in total. The predicted octanol–water partition coefficient (Wildman–Crippen LogP) is 3.69. The first kappa shape index (κ1) is 20.2. The molecule has 2 aromatic rings. The lowest BCUT2D eigenvalue weighted by Gasteiger charge is -2.10. The summed E-state index contributed by atoms with van der Waals surface area (Å²) in [7, 11) is 0. The average molecular weight is 396 g/mol. The molecular formula is C17H21N3O4S2. The van der Waals surface area contributed by atoms with Crippen molar-refractivity contribution in [3.05, 3.63) is 18.2 Å². The number of aromatic nitrogens is 1. The Morgan fingerprint density at radius 3 is 2.81 bits per heavy atom. The van der Waals surface area contributed by atoms with E-state index in [1.165, 1.54) is 30.0 Å². The fourth-order valence-corrected chi connectivity index (χ4v) is 3.83. The summed E-state index contributed by atoms with van der Waals surface area (Å²) >= 11 is 3.06. The molecule has 0 fully saturated rings. The van der Waals surface area contributed by atoms with E-state index in [2.05, 4.69) is 15.5 Å². The number of amides is 1. The summed E-state index contributed by atoms with van der Waals surface area (Å²) in [5, 5.41) is 6.61. The van der Waals surface area contributed by atoms with Crippen LogP contribution in [0.25, 0.3) is 10.2 Å². The highest BCUT2D eigenvalue weighted by molar-refractivity contribution is 8.01. The normalized spacial score (nSPS) is 11.7. The van der Waals surface area contributed by atoms with Crippen LogP contribution in [-0.2, 0) is 19.2 Å². The van der Waals surface area contributed by atoms with Gasteiger partial charge in [0.25, 0.3) is 5.91 Å². The standard InChI is InChI=1S/C17H21N3O4S2/c1-10(2)20-24-11(3)16(22)18-13-5-6-14-15(9-13)26-17(19-14)25-8-7-23-12(4)21/h5-6,9,11H,7-8H2,1-4H3,(H,18,22). The van der Waals surface area contributed by atoms with Crippen LogP contribution in [0.3, 0.4) is 0 Å². The quantitative estimate of drug-likeness (QED) is 0.241. The van der Waals surface area contributed by atoms with E-state index in [1.54, 1.807) is 26.8 Å². The van der Waals surface area contributed by atoms with E-state index in [0.29, 0.717) is 18.0 Å². The second kappa shape index (κ2) is 9.54. The minimum atomic E-state index is -0.686. The zero-order valence-corrected chi connectivity index (χ0v) is 16.7. The van der Waals surface area contributed by atoms with Gasteiger partial charge in [0, 0.05) is 18.4 Å². The van der Waals surface area contributed by atoms with Crippen LogP contribution in [0.1, 0.15) is 27.7 Å². The second-order valence-corrected chi connectivity index (χ2v) is 8.00. The van der Waals surface area contributed by atoms with Crippen LogP contribution >= 0.6 is 23.1 Å². The molecule has 0 aliphatic heterocycles. The number of thiazole rings is 1. The average Bonchev–Trinajstić information content (AvgIpc) is 2.98. The molecule has 0 aliphatic rings. The molecule has 0 bridgehead atoms. The molecule has 1 aromatic carbocycles. The number of thioether (sulfide) groups is 1. The van der Waals surface area contributed by atoms with Gasteiger partial charge >= 0.3 is 5.97 Å². The third-order valence-electron chi connectivity index (χ3n) is 3.01. The first-order chi connectivity index (χ1) is 12.3. The molecule has 0 saturated heterocycles. The van der Waals surface area contributed by atoms with Gasteiger partial charge in [0.15, 0.2) is 4.34 Å². The minimum absolute atomic E-state index is 0.269. The number of hydrogen-bond acceptors (Lipinski definition) is 8. The number of carbonyl (C=O) groups excluding carboxylic acids is 2. The van der Waals surface area contributed by atoms with E-state index in [4.69, 9.17) is 9.57 Å². The van der Waals surface area contributed by atoms with Crippen LogP contribution in [0.5, 0.6) is 0 Å². The molecule has 1 heterocycles. The number of esters is 1. The van der Waals surface area contributed by atoms with Crippen molar-refractivity contribution in [3.63, 3.8) is 0 Å². The van der Waals surface area contributed by atoms with Gasteiger partial charge in [-0.15, -0.1) is 11.3 Å². The number of fused-ring (bicyclic) bond motifs is 1. The van der Waals surface area contributed by atoms with Crippen molar-refractivity contribution in [2.24, 2.45) is 5.16 Å². The van der Waals surface area contributed by atoms with E-state index in [-0.39, 0.29) is 11.9 Å². The van der Waals surface area contributed by atoms with Gasteiger partial charge in [0.1, 0.15) is 6.61 Å². The monoisotopic (exact) mass is 395 g/mol. The molecule has 1 amide bonds. The number of carbonyl (C=O) groups is 2. The van der Waals surface area contributed by atoms with Crippen molar-refractivity contribution in [3.8, 4) is 0 Å². The highest BCUT2D eigenvalue weighted by atomic mass is 32.2. The van der Waals surface area contributed by atoms with Crippen LogP contribution < -0.4 is 5.32 Å². The van der Waals surface area contributed by atoms with Crippen LogP contribution in [0, 0.1) is 0 Å². The molecular weight excluding hydrogens is 374 g/mol. The maximum Gasteiger partial charge on any atom is 0.302 e. The molecule has 2 rings (SSSR count). The number of nitrogens with zero attached hydrogens (tertiary/aromatic N) is 2. The number of oxime groups is 1. The Morgan fingerprint density at radius 2 is 2.12 bits per heavy atom. The Kier molecular flexibility index (Phi) is 7.40. The van der Waals surface area contributed by atoms with Crippen LogP contribution in [0.4, 0.5) is 5.69 Å². The Morgan fingerprint density at radius 1 is 1.35 bits per heavy atom. The number of hydrogen-bond donors (Lipinski definition) is 1. The summed E-state index contributed by atoms with van der Waals surface area (Å²) in [4.78, 5) is 32.5. The van der Waals surface area contributed by atoms with Gasteiger partial charge in [0.2, 0.25) is 6.10 Å². The van der Waals surface area contributed by atoms with Crippen molar-refractivity contribution in [2.75, 3.05) is 17.7 Å². The number of benzene rings is 1. The van der Waals surface area contributed by atoms with Crippen molar-refractivity contribution in [1.29, 1.82) is 0 Å². The molecule has 0 aliphatic carbocycles. The van der Waals surface area contributed by atoms with Gasteiger partial charge in [-0.2, -0.15) is 0 Å². The lowest BCUT2D eigenvalue weighted by molar-refractivity contribution is -0.140. The molecule has 0 saturated carbocycles. The third kappa shape index (κ3) is 6.30. The van der Waals surface area contributed by atoms with E-state index in [9.17, 15) is 9.59 Å². The lowest BCUT2D eigenvalue weighted by Crippen LogP contribution is -2.26. The summed E-state index contributed by atoms with van der Waals surface area (Å²) < 4.78 is 6.76. The largest absolute Gasteiger partial charge is 0.465 e. The molecule has 1 unspecified atom stereocenters. The topological polar surface area (TPSA) is 89.9 Å². The van der Waals surface area contributed by atoms with E-state index >= 15 is 0 Å². The zero-order chi connectivity index (χ0) is 19.1. The third-order valence-corrected chi connectivity index (χ3v) is 5.14. The van der Waals surface area contributed by atoms with E-state index in [1.807, 2.05) is 12.1 Å². The van der Waals surface area contributed by atoms with E-state index in [0.717, 1.165) is 20.3 Å². The molecule has 0 radical (unpaired) electrons. The first-order valence-electron chi connectivity index (χ1n) is 8.00. The Bertz CT molecular complexity index is 815. The van der Waals surface area contributed by atoms with Crippen LogP contribution in [0.2, 0.25) is 0 Å². The number of ether oxygens (including phenoxy) is 1. The van der Waals surface area contributed by atoms with Gasteiger partial charge in [-0.05, 0) is 39.0 Å². The Labute approximate surface area is 160 Å². The molecule has 1 N–H and O–H groups in total. The second-order valence-electron chi connectivity index (χ2n) is 5.63. The summed E-state index contributed by atoms with van der Waals surface area (Å²) in [6.45, 7) is 6.98. The van der Waals surface area contributed by atoms with Gasteiger partial charge in [-0.1, -0.05) is 16.9 Å². The maximum absolute atomic E-state index is 12.1. The summed E-state index contributed by atoms with van der Waals surface area (Å²) in [6.07, 6.45) is -0.686. The molecule has 140 valence electrons. The fourth-order valence-electron chi connectivity index (χ4n) is 1.83. The highest BCUT2D eigenvalue weighted by Gasteiger charge is 2.15. The predicted molar refractivity (Wildman–Crippen MR) is 105 cm³/mol. The fraction of sp³-hybridized carbons (Fsp3) is 0.412. The maximum atomic E-state index is 12.1. The number of nitrogens with one attached hydrogen (secondary N) is 1. The summed E-state index contributed by atoms with van der Waals surface area (Å²) in [5.74, 6) is 0.0954. The van der Waals surface area contributed by atoms with Gasteiger partial charge in [-0.3, -0.25) is 9.59 Å². The van der Waals surface area contributed by atoms with Gasteiger partial charge < -0.3 is 14.9 Å².